The molecule has 0 saturated heterocycles. The zero-order valence-electron chi connectivity index (χ0n) is 14.8. The summed E-state index contributed by atoms with van der Waals surface area (Å²) in [7, 11) is 1.13. The van der Waals surface area contributed by atoms with Crippen LogP contribution in [0, 0.1) is 0 Å². The highest BCUT2D eigenvalue weighted by Crippen LogP contribution is 2.34. The largest absolute Gasteiger partial charge is 0.467 e. The summed E-state index contributed by atoms with van der Waals surface area (Å²) < 4.78 is 44.2. The Hall–Kier alpha value is -3.37. The summed E-state index contributed by atoms with van der Waals surface area (Å²) in [6.45, 7) is 1.35. The summed E-state index contributed by atoms with van der Waals surface area (Å²) in [6.07, 6.45) is -3.88. The molecule has 8 nitrogen and oxygen atoms in total. The average molecular weight is 395 g/mol. The molecule has 0 bridgehead atoms. The van der Waals surface area contributed by atoms with Gasteiger partial charge in [-0.2, -0.15) is 18.2 Å². The fourth-order valence-corrected chi connectivity index (χ4v) is 2.64. The standard InChI is InChI=1S/C17H16F3N5O3/c1-8(15(27)28-2)22-14-11(17(18,19)20)7-21-16(25-14)23-10-3-4-12-9(5-10)6-13(26)24-12/h3-5,7-8H,6H2,1-2H3,(H,24,26)(H2,21,22,23,25). The van der Waals surface area contributed by atoms with Crippen molar-refractivity contribution < 1.29 is 27.5 Å². The van der Waals surface area contributed by atoms with E-state index >= 15 is 0 Å². The first kappa shape index (κ1) is 19.4. The minimum atomic E-state index is -4.71. The van der Waals surface area contributed by atoms with Gasteiger partial charge in [0.25, 0.3) is 0 Å². The van der Waals surface area contributed by atoms with Crippen molar-refractivity contribution in [2.24, 2.45) is 0 Å². The number of aromatic nitrogens is 2. The molecular weight excluding hydrogens is 379 g/mol. The normalized spacial score (nSPS) is 14.1. The smallest absolute Gasteiger partial charge is 0.421 e. The number of hydrogen-bond acceptors (Lipinski definition) is 7. The van der Waals surface area contributed by atoms with E-state index in [4.69, 9.17) is 0 Å². The van der Waals surface area contributed by atoms with Crippen LogP contribution in [0.2, 0.25) is 0 Å². The second kappa shape index (κ2) is 7.33. The molecular formula is C17H16F3N5O3. The van der Waals surface area contributed by atoms with E-state index in [1.54, 1.807) is 18.2 Å². The molecule has 28 heavy (non-hydrogen) atoms. The average Bonchev–Trinajstić information content (AvgIpc) is 2.99. The van der Waals surface area contributed by atoms with E-state index in [1.807, 2.05) is 0 Å². The third-order valence-corrected chi connectivity index (χ3v) is 3.99. The molecule has 2 aromatic rings. The molecule has 148 valence electrons. The van der Waals surface area contributed by atoms with Gasteiger partial charge in [0, 0.05) is 17.6 Å². The van der Waals surface area contributed by atoms with E-state index in [0.29, 0.717) is 17.6 Å². The Bertz CT molecular complexity index is 933. The summed E-state index contributed by atoms with van der Waals surface area (Å²) in [5, 5.41) is 7.88. The minimum absolute atomic E-state index is 0.107. The number of esters is 1. The molecule has 3 N–H and O–H groups in total. The van der Waals surface area contributed by atoms with Gasteiger partial charge in [0.2, 0.25) is 11.9 Å². The Balaban J connectivity index is 1.88. The number of methoxy groups -OCH3 is 1. The number of anilines is 4. The maximum atomic E-state index is 13.2. The number of fused-ring (bicyclic) bond motifs is 1. The molecule has 1 aromatic carbocycles. The number of ether oxygens (including phenoxy) is 1. The van der Waals surface area contributed by atoms with E-state index in [1.165, 1.54) is 6.92 Å². The first-order valence-electron chi connectivity index (χ1n) is 8.16. The van der Waals surface area contributed by atoms with Crippen LogP contribution in [0.4, 0.5) is 36.3 Å². The second-order valence-corrected chi connectivity index (χ2v) is 6.06. The quantitative estimate of drug-likeness (QED) is 0.669. The van der Waals surface area contributed by atoms with Crippen molar-refractivity contribution in [3.05, 3.63) is 35.5 Å². The summed E-state index contributed by atoms with van der Waals surface area (Å²) in [5.74, 6) is -1.54. The highest BCUT2D eigenvalue weighted by atomic mass is 19.4. The van der Waals surface area contributed by atoms with Crippen molar-refractivity contribution in [1.29, 1.82) is 0 Å². The molecule has 0 spiro atoms. The van der Waals surface area contributed by atoms with Crippen LogP contribution in [0.3, 0.4) is 0 Å². The SMILES string of the molecule is COC(=O)C(C)Nc1nc(Nc2ccc3c(c2)CC(=O)N3)ncc1C(F)(F)F. The number of carbonyl (C=O) groups excluding carboxylic acids is 2. The molecule has 1 amide bonds. The van der Waals surface area contributed by atoms with E-state index in [-0.39, 0.29) is 18.3 Å². The number of carbonyl (C=O) groups is 2. The van der Waals surface area contributed by atoms with Gasteiger partial charge in [0.05, 0.1) is 13.5 Å². The van der Waals surface area contributed by atoms with Gasteiger partial charge >= 0.3 is 12.1 Å². The summed E-state index contributed by atoms with van der Waals surface area (Å²) in [6, 6.07) is 3.94. The Labute approximate surface area is 157 Å². The second-order valence-electron chi connectivity index (χ2n) is 6.06. The molecule has 1 atom stereocenters. The Morgan fingerprint density at radius 1 is 1.36 bits per heavy atom. The molecule has 1 aromatic heterocycles. The molecule has 3 rings (SSSR count). The molecule has 2 heterocycles. The summed E-state index contributed by atoms with van der Waals surface area (Å²) >= 11 is 0. The lowest BCUT2D eigenvalue weighted by Gasteiger charge is -2.17. The van der Waals surface area contributed by atoms with Crippen LogP contribution in [0.25, 0.3) is 0 Å². The number of rotatable bonds is 5. The van der Waals surface area contributed by atoms with Crippen LogP contribution >= 0.6 is 0 Å². The molecule has 0 aliphatic carbocycles. The first-order chi connectivity index (χ1) is 13.2. The molecule has 11 heteroatoms. The van der Waals surface area contributed by atoms with Crippen LogP contribution in [0.1, 0.15) is 18.1 Å². The zero-order chi connectivity index (χ0) is 20.5. The highest BCUT2D eigenvalue weighted by molar-refractivity contribution is 5.99. The van der Waals surface area contributed by atoms with Crippen molar-refractivity contribution >= 4 is 35.0 Å². The van der Waals surface area contributed by atoms with Gasteiger partial charge in [-0.3, -0.25) is 4.79 Å². The monoisotopic (exact) mass is 395 g/mol. The minimum Gasteiger partial charge on any atom is -0.467 e. The number of hydrogen-bond donors (Lipinski definition) is 3. The number of nitrogens with zero attached hydrogens (tertiary/aromatic N) is 2. The Morgan fingerprint density at radius 3 is 2.79 bits per heavy atom. The van der Waals surface area contributed by atoms with Crippen molar-refractivity contribution in [2.75, 3.05) is 23.1 Å². The molecule has 1 aliphatic heterocycles. The number of nitrogens with one attached hydrogen (secondary N) is 3. The van der Waals surface area contributed by atoms with E-state index in [9.17, 15) is 22.8 Å². The van der Waals surface area contributed by atoms with Crippen molar-refractivity contribution in [2.45, 2.75) is 25.6 Å². The lowest BCUT2D eigenvalue weighted by Crippen LogP contribution is -2.29. The summed E-state index contributed by atoms with van der Waals surface area (Å²) in [5.41, 5.74) is 0.817. The maximum Gasteiger partial charge on any atom is 0.421 e. The third kappa shape index (κ3) is 4.13. The van der Waals surface area contributed by atoms with Crippen LogP contribution in [0.5, 0.6) is 0 Å². The van der Waals surface area contributed by atoms with E-state index < -0.39 is 29.6 Å². The van der Waals surface area contributed by atoms with Gasteiger partial charge in [0.15, 0.2) is 0 Å². The predicted octanol–water partition coefficient (Wildman–Crippen LogP) is 2.71. The van der Waals surface area contributed by atoms with Crippen LogP contribution < -0.4 is 16.0 Å². The molecule has 0 radical (unpaired) electrons. The van der Waals surface area contributed by atoms with Gasteiger partial charge in [-0.1, -0.05) is 0 Å². The first-order valence-corrected chi connectivity index (χ1v) is 8.16. The molecule has 0 fully saturated rings. The predicted molar refractivity (Wildman–Crippen MR) is 94.2 cm³/mol. The number of amides is 1. The van der Waals surface area contributed by atoms with Crippen LogP contribution in [-0.2, 0) is 26.9 Å². The topological polar surface area (TPSA) is 105 Å². The van der Waals surface area contributed by atoms with Gasteiger partial charge in [-0.05, 0) is 30.7 Å². The van der Waals surface area contributed by atoms with Gasteiger partial charge in [0.1, 0.15) is 17.4 Å². The van der Waals surface area contributed by atoms with E-state index in [0.717, 1.165) is 12.7 Å². The Morgan fingerprint density at radius 2 is 2.11 bits per heavy atom. The third-order valence-electron chi connectivity index (χ3n) is 3.99. The van der Waals surface area contributed by atoms with Crippen molar-refractivity contribution in [1.82, 2.24) is 9.97 Å². The van der Waals surface area contributed by atoms with Crippen LogP contribution in [0.15, 0.2) is 24.4 Å². The number of benzene rings is 1. The number of alkyl halides is 3. The zero-order valence-corrected chi connectivity index (χ0v) is 14.8. The maximum absolute atomic E-state index is 13.2. The Kier molecular flexibility index (Phi) is 5.08. The molecule has 1 unspecified atom stereocenters. The number of halogens is 3. The van der Waals surface area contributed by atoms with Crippen LogP contribution in [-0.4, -0.2) is 35.0 Å². The van der Waals surface area contributed by atoms with Crippen molar-refractivity contribution in [3.63, 3.8) is 0 Å². The van der Waals surface area contributed by atoms with Gasteiger partial charge in [-0.25, -0.2) is 9.78 Å². The molecule has 1 aliphatic rings. The van der Waals surface area contributed by atoms with Gasteiger partial charge in [-0.15, -0.1) is 0 Å². The molecule has 0 saturated carbocycles. The van der Waals surface area contributed by atoms with Gasteiger partial charge < -0.3 is 20.7 Å². The van der Waals surface area contributed by atoms with E-state index in [2.05, 4.69) is 30.7 Å². The lowest BCUT2D eigenvalue weighted by molar-refractivity contribution is -0.142. The summed E-state index contributed by atoms with van der Waals surface area (Å²) in [4.78, 5) is 30.5. The van der Waals surface area contributed by atoms with Crippen molar-refractivity contribution in [3.8, 4) is 0 Å². The fourth-order valence-electron chi connectivity index (χ4n) is 2.64. The lowest BCUT2D eigenvalue weighted by atomic mass is 10.1. The fraction of sp³-hybridized carbons (Fsp3) is 0.294. The highest BCUT2D eigenvalue weighted by Gasteiger charge is 2.36.